The van der Waals surface area contributed by atoms with Crippen LogP contribution in [0.25, 0.3) is 101 Å². The summed E-state index contributed by atoms with van der Waals surface area (Å²) in [6.45, 7) is 8.56. The smallest absolute Gasteiger partial charge is 0.410 e. The van der Waals surface area contributed by atoms with Gasteiger partial charge in [0.05, 0.1) is 69.0 Å². The van der Waals surface area contributed by atoms with Gasteiger partial charge in [-0.2, -0.15) is 20.4 Å². The molecule has 2 atom stereocenters. The van der Waals surface area contributed by atoms with Gasteiger partial charge in [-0.05, 0) is 96.5 Å². The van der Waals surface area contributed by atoms with Gasteiger partial charge >= 0.3 is 6.09 Å². The molecule has 692 valence electrons. The number of rotatable bonds is 19. The molecule has 1 fully saturated rings. The number of nitrogen functional groups attached to an aromatic ring is 1. The number of fused-ring (bicyclic) bond motifs is 3. The van der Waals surface area contributed by atoms with Crippen LogP contribution in [-0.4, -0.2) is 166 Å². The fraction of sp³-hybridized carbons (Fsp3) is 0.196. The first-order valence-corrected chi connectivity index (χ1v) is 47.3. The molecule has 23 nitrogen and oxygen atoms in total. The number of carbonyl (C=O) groups excluding carboxylic acids is 5. The molecule has 0 radical (unpaired) electrons. The number of piperazine rings is 1. The highest BCUT2D eigenvalue weighted by atomic mass is 32.1. The van der Waals surface area contributed by atoms with E-state index in [2.05, 4.69) is 51.4 Å². The molecule has 1 saturated heterocycles. The lowest BCUT2D eigenvalue weighted by atomic mass is 9.98. The summed E-state index contributed by atoms with van der Waals surface area (Å²) in [4.78, 5) is 90.1. The molecule has 11 aromatic carbocycles. The highest BCUT2D eigenvalue weighted by Gasteiger charge is 2.37. The molecule has 0 saturated carbocycles. The third-order valence-corrected chi connectivity index (χ3v) is 26.2. The van der Waals surface area contributed by atoms with Crippen molar-refractivity contribution in [3.05, 3.63) is 396 Å². The standard InChI is InChI=1S/C31H27N5O.C31H32N4O3.C26H21F2N3O.C24H23N5OS/c37-30(35-18-16-26-27(17-19-35)32-22-33-31(26)25-14-8-3-9-15-25)21-36-29(24-12-6-2-7-13-24)20-28(34-36)23-10-4-1-5-11-23;1-23-19-33(20-24(2)35(23)31(37)38-22-25-12-6-3-7-13-25)30(36)21-34-29(27-16-10-5-11-17-27)18-28(32-34)26-14-8-4-9-15-26;27-22-11-12-23(28)21-16-30(14-13-20(21)22)26(32)17-31-25(19-9-5-2-6-10-19)15-24(29-31)18-7-3-1-4-8-18;25-24-26-19-11-13-28(14-12-22(19)31-24)23(30)16-29-21(18-9-5-2-6-10-18)15-20(27-29)17-7-3-1-4-8-17/h1-15,20,22H,16-19,21H2;3-18,23-24H,19-22H2,1-2H3;1-12,15H,13-14,16-17H2;1-10,15H,11-14,16H2,(H2,25,26). The quantitative estimate of drug-likeness (QED) is 0.0791. The lowest BCUT2D eigenvalue weighted by molar-refractivity contribution is -0.136. The first-order valence-electron chi connectivity index (χ1n) is 46.5. The molecule has 0 bridgehead atoms. The fourth-order valence-corrected chi connectivity index (χ4v) is 19.0. The number of nitrogens with zero attached hydrogens (tertiary/aromatic N) is 16. The van der Waals surface area contributed by atoms with E-state index in [-0.39, 0.29) is 86.7 Å². The second-order valence-electron chi connectivity index (χ2n) is 34.4. The number of carbonyl (C=O) groups is 5. The van der Waals surface area contributed by atoms with Gasteiger partial charge in [0.1, 0.15) is 50.7 Å². The summed E-state index contributed by atoms with van der Waals surface area (Å²) in [5.74, 6) is -0.973. The number of anilines is 1. The van der Waals surface area contributed by atoms with Gasteiger partial charge in [0.25, 0.3) is 0 Å². The summed E-state index contributed by atoms with van der Waals surface area (Å²) in [7, 11) is 0. The number of thiazole rings is 1. The second-order valence-corrected chi connectivity index (χ2v) is 35.5. The van der Waals surface area contributed by atoms with Crippen molar-refractivity contribution in [1.82, 2.24) is 78.6 Å². The molecule has 0 aliphatic carbocycles. The highest BCUT2D eigenvalue weighted by molar-refractivity contribution is 7.15. The summed E-state index contributed by atoms with van der Waals surface area (Å²) >= 11 is 1.53. The average Bonchev–Trinajstić information content (AvgIpc) is 1.54. The van der Waals surface area contributed by atoms with Crippen LogP contribution >= 0.6 is 11.3 Å². The van der Waals surface area contributed by atoms with Crippen LogP contribution in [0.15, 0.2) is 346 Å². The largest absolute Gasteiger partial charge is 0.445 e. The van der Waals surface area contributed by atoms with Crippen LogP contribution in [0.4, 0.5) is 18.7 Å². The van der Waals surface area contributed by atoms with E-state index in [0.717, 1.165) is 155 Å². The lowest BCUT2D eigenvalue weighted by Gasteiger charge is -2.43. The molecule has 4 aliphatic rings. The first kappa shape index (κ1) is 92.2. The highest BCUT2D eigenvalue weighted by Crippen LogP contribution is 2.36. The van der Waals surface area contributed by atoms with E-state index >= 15 is 0 Å². The Kier molecular flexibility index (Phi) is 29.0. The zero-order valence-corrected chi connectivity index (χ0v) is 77.5. The van der Waals surface area contributed by atoms with Gasteiger partial charge < -0.3 is 30.1 Å². The minimum atomic E-state index is -0.477. The maximum atomic E-state index is 14.3. The maximum absolute atomic E-state index is 14.3. The number of aromatic nitrogens is 11. The second kappa shape index (κ2) is 43.4. The van der Waals surface area contributed by atoms with Gasteiger partial charge in [-0.1, -0.05) is 303 Å². The van der Waals surface area contributed by atoms with E-state index in [9.17, 15) is 32.8 Å². The van der Waals surface area contributed by atoms with E-state index in [0.29, 0.717) is 69.3 Å². The number of ether oxygens (including phenoxy) is 1. The molecule has 26 heteroatoms. The zero-order chi connectivity index (χ0) is 94.8. The predicted octanol–water partition coefficient (Wildman–Crippen LogP) is 19.7. The third kappa shape index (κ3) is 22.1. The Bertz CT molecular complexity index is 7000. The zero-order valence-electron chi connectivity index (χ0n) is 76.6. The Morgan fingerprint density at radius 3 is 1.07 bits per heavy atom. The molecule has 17 aromatic rings. The van der Waals surface area contributed by atoms with Gasteiger partial charge in [0, 0.05) is 121 Å². The van der Waals surface area contributed by atoms with Crippen molar-refractivity contribution in [2.75, 3.05) is 51.5 Å². The topological polar surface area (TPSA) is 247 Å². The molecule has 21 rings (SSSR count). The number of amides is 5. The van der Waals surface area contributed by atoms with Gasteiger partial charge in [0.2, 0.25) is 23.6 Å². The monoisotopic (exact) mass is 1850 g/mol. The van der Waals surface area contributed by atoms with Gasteiger partial charge in [-0.3, -0.25) is 42.8 Å². The Balaban J connectivity index is 0.000000123. The van der Waals surface area contributed by atoms with Crippen molar-refractivity contribution >= 4 is 46.2 Å². The number of benzene rings is 11. The molecule has 2 unspecified atom stereocenters. The Labute approximate surface area is 803 Å². The Morgan fingerprint density at radius 1 is 0.355 bits per heavy atom. The third-order valence-electron chi connectivity index (χ3n) is 25.2. The van der Waals surface area contributed by atoms with Crippen LogP contribution in [0.1, 0.15) is 52.4 Å². The van der Waals surface area contributed by atoms with Crippen LogP contribution in [0.5, 0.6) is 0 Å². The SMILES string of the molecule is CC1CN(C(=O)Cn2nc(-c3ccccc3)cc2-c2ccccc2)CC(C)N1C(=O)OCc1ccccc1.Nc1nc2c(s1)CCN(C(=O)Cn1nc(-c3ccccc3)cc1-c1ccccc1)CC2.O=C(Cn1nc(-c2ccccc2)cc1-c1ccccc1)N1CCc2c(F)ccc(F)c2C1.O=C(Cn1nc(-c2ccccc2)cc1-c1ccccc1)N1CCc2ncnc(-c3ccccc3)c2CC1. The number of hydrogen-bond acceptors (Lipinski definition) is 15. The Morgan fingerprint density at radius 2 is 0.674 bits per heavy atom. The number of halogens is 2. The van der Waals surface area contributed by atoms with Crippen molar-refractivity contribution < 1.29 is 37.5 Å². The van der Waals surface area contributed by atoms with Crippen molar-refractivity contribution in [2.24, 2.45) is 0 Å². The number of hydrogen-bond donors (Lipinski definition) is 1. The molecular formula is C112H103F2N17O6S. The molecular weight excluding hydrogens is 1750 g/mol. The molecule has 138 heavy (non-hydrogen) atoms. The summed E-state index contributed by atoms with van der Waals surface area (Å²) in [5.41, 5.74) is 27.6. The van der Waals surface area contributed by atoms with Crippen LogP contribution in [0, 0.1) is 11.6 Å². The van der Waals surface area contributed by atoms with Gasteiger partial charge in [-0.25, -0.2) is 28.5 Å². The summed E-state index contributed by atoms with van der Waals surface area (Å²) in [5, 5.41) is 19.8. The Hall–Kier alpha value is -16.2. The van der Waals surface area contributed by atoms with E-state index in [1.807, 2.05) is 329 Å². The molecule has 10 heterocycles. The van der Waals surface area contributed by atoms with Crippen LogP contribution in [0.2, 0.25) is 0 Å². The number of nitrogens with two attached hydrogens (primary N) is 1. The maximum Gasteiger partial charge on any atom is 0.410 e. The minimum absolute atomic E-state index is 0.0172. The fourth-order valence-electron chi connectivity index (χ4n) is 18.2. The molecule has 0 spiro atoms. The summed E-state index contributed by atoms with van der Waals surface area (Å²) < 4.78 is 41.0. The van der Waals surface area contributed by atoms with Crippen molar-refractivity contribution in [1.29, 1.82) is 0 Å². The van der Waals surface area contributed by atoms with Crippen molar-refractivity contribution in [2.45, 2.75) is 97.4 Å². The van der Waals surface area contributed by atoms with Crippen LogP contribution in [-0.2, 0) is 95.3 Å². The molecule has 6 aromatic heterocycles. The summed E-state index contributed by atoms with van der Waals surface area (Å²) in [6, 6.07) is 110. The van der Waals surface area contributed by atoms with Gasteiger partial charge in [0.15, 0.2) is 5.13 Å². The van der Waals surface area contributed by atoms with Gasteiger partial charge in [-0.15, -0.1) is 11.3 Å². The normalized spacial score (nSPS) is 14.4. The van der Waals surface area contributed by atoms with Crippen LogP contribution < -0.4 is 5.73 Å². The van der Waals surface area contributed by atoms with Crippen LogP contribution in [0.3, 0.4) is 0 Å². The predicted molar refractivity (Wildman–Crippen MR) is 534 cm³/mol. The first-order chi connectivity index (χ1) is 67.5. The molecule has 2 N–H and O–H groups in total. The van der Waals surface area contributed by atoms with E-state index in [1.165, 1.54) is 16.2 Å². The molecule has 4 aliphatic heterocycles. The van der Waals surface area contributed by atoms with E-state index < -0.39 is 11.6 Å². The average molecular weight is 1850 g/mol. The molecule has 5 amide bonds. The van der Waals surface area contributed by atoms with Crippen molar-refractivity contribution in [3.63, 3.8) is 0 Å². The van der Waals surface area contributed by atoms with E-state index in [4.69, 9.17) is 30.9 Å². The van der Waals surface area contributed by atoms with E-state index in [1.54, 1.807) is 25.5 Å². The van der Waals surface area contributed by atoms with Crippen molar-refractivity contribution in [3.8, 4) is 101 Å². The lowest BCUT2D eigenvalue weighted by Crippen LogP contribution is -2.60. The summed E-state index contributed by atoms with van der Waals surface area (Å²) in [6.07, 6.45) is 4.57. The minimum Gasteiger partial charge on any atom is -0.445 e.